The van der Waals surface area contributed by atoms with Crippen LogP contribution in [0.5, 0.6) is 0 Å². The molecule has 0 spiro atoms. The fourth-order valence-corrected chi connectivity index (χ4v) is 2.79. The number of fused-ring (bicyclic) bond motifs is 1. The first kappa shape index (κ1) is 15.8. The number of nitrogens with zero attached hydrogens (tertiary/aromatic N) is 2. The summed E-state index contributed by atoms with van der Waals surface area (Å²) >= 11 is 0. The van der Waals surface area contributed by atoms with Gasteiger partial charge >= 0.3 is 0 Å². The first-order valence-corrected chi connectivity index (χ1v) is 8.17. The maximum atomic E-state index is 12.8. The van der Waals surface area contributed by atoms with E-state index in [4.69, 9.17) is 0 Å². The Morgan fingerprint density at radius 3 is 1.77 bits per heavy atom. The van der Waals surface area contributed by atoms with Gasteiger partial charge in [0, 0.05) is 5.69 Å². The van der Waals surface area contributed by atoms with Gasteiger partial charge in [-0.15, -0.1) is 0 Å². The number of guanidine groups is 1. The molecule has 126 valence electrons. The molecule has 1 heterocycles. The SMILES string of the molecule is O=C1c2ccccc2C(=O)N1C(=Nc1ccccc1)Nc1ccccc1. The third-order valence-electron chi connectivity index (χ3n) is 4.03. The van der Waals surface area contributed by atoms with Crippen molar-refractivity contribution in [2.75, 3.05) is 5.32 Å². The van der Waals surface area contributed by atoms with Crippen molar-refractivity contribution < 1.29 is 9.59 Å². The molecule has 0 saturated heterocycles. The molecule has 1 aliphatic rings. The van der Waals surface area contributed by atoms with Gasteiger partial charge in [0.1, 0.15) is 0 Å². The normalized spacial score (nSPS) is 13.7. The van der Waals surface area contributed by atoms with Gasteiger partial charge in [-0.2, -0.15) is 0 Å². The molecule has 2 amide bonds. The molecule has 5 nitrogen and oxygen atoms in total. The zero-order chi connectivity index (χ0) is 17.9. The van der Waals surface area contributed by atoms with Crippen LogP contribution >= 0.6 is 0 Å². The second-order valence-corrected chi connectivity index (χ2v) is 5.75. The Morgan fingerprint density at radius 1 is 0.692 bits per heavy atom. The third-order valence-corrected chi connectivity index (χ3v) is 4.03. The molecular formula is C21H15N3O2. The second kappa shape index (κ2) is 6.64. The van der Waals surface area contributed by atoms with Crippen molar-refractivity contribution in [2.24, 2.45) is 4.99 Å². The molecule has 4 rings (SSSR count). The van der Waals surface area contributed by atoms with Crippen molar-refractivity contribution in [1.29, 1.82) is 0 Å². The van der Waals surface area contributed by atoms with Crippen LogP contribution in [0, 0.1) is 0 Å². The molecule has 3 aromatic carbocycles. The molecule has 26 heavy (non-hydrogen) atoms. The highest BCUT2D eigenvalue weighted by molar-refractivity contribution is 6.31. The van der Waals surface area contributed by atoms with Crippen LogP contribution in [0.25, 0.3) is 0 Å². The largest absolute Gasteiger partial charge is 0.325 e. The van der Waals surface area contributed by atoms with Gasteiger partial charge < -0.3 is 5.32 Å². The lowest BCUT2D eigenvalue weighted by atomic mass is 10.1. The molecule has 0 radical (unpaired) electrons. The zero-order valence-electron chi connectivity index (χ0n) is 13.8. The molecule has 3 aromatic rings. The fourth-order valence-electron chi connectivity index (χ4n) is 2.79. The molecule has 0 unspecified atom stereocenters. The predicted molar refractivity (Wildman–Crippen MR) is 101 cm³/mol. The minimum absolute atomic E-state index is 0.175. The molecule has 0 aliphatic carbocycles. The summed E-state index contributed by atoms with van der Waals surface area (Å²) in [5.74, 6) is -0.596. The Kier molecular flexibility index (Phi) is 4.03. The molecule has 0 fully saturated rings. The van der Waals surface area contributed by atoms with Gasteiger partial charge in [-0.1, -0.05) is 48.5 Å². The Hall–Kier alpha value is -3.73. The van der Waals surface area contributed by atoms with Gasteiger partial charge in [0.05, 0.1) is 16.8 Å². The minimum Gasteiger partial charge on any atom is -0.325 e. The number of carbonyl (C=O) groups excluding carboxylic acids is 2. The van der Waals surface area contributed by atoms with Gasteiger partial charge in [0.2, 0.25) is 5.96 Å². The average molecular weight is 341 g/mol. The molecule has 0 aromatic heterocycles. The lowest BCUT2D eigenvalue weighted by molar-refractivity contribution is 0.0748. The summed E-state index contributed by atoms with van der Waals surface area (Å²) < 4.78 is 0. The van der Waals surface area contributed by atoms with Crippen molar-refractivity contribution in [3.05, 3.63) is 96.1 Å². The minimum atomic E-state index is -0.385. The van der Waals surface area contributed by atoms with Crippen molar-refractivity contribution in [3.8, 4) is 0 Å². The number of amides is 2. The van der Waals surface area contributed by atoms with E-state index in [1.165, 1.54) is 0 Å². The van der Waals surface area contributed by atoms with E-state index in [1.807, 2.05) is 60.7 Å². The van der Waals surface area contributed by atoms with Gasteiger partial charge in [-0.05, 0) is 36.4 Å². The summed E-state index contributed by atoms with van der Waals surface area (Å²) in [6.45, 7) is 0. The Labute approximate surface area is 150 Å². The number of nitrogens with one attached hydrogen (secondary N) is 1. The maximum absolute atomic E-state index is 12.8. The Morgan fingerprint density at radius 2 is 1.19 bits per heavy atom. The van der Waals surface area contributed by atoms with Crippen LogP contribution in [0.1, 0.15) is 20.7 Å². The van der Waals surface area contributed by atoms with E-state index in [0.29, 0.717) is 16.8 Å². The number of para-hydroxylation sites is 2. The van der Waals surface area contributed by atoms with E-state index < -0.39 is 0 Å². The van der Waals surface area contributed by atoms with Crippen LogP contribution in [-0.4, -0.2) is 22.7 Å². The van der Waals surface area contributed by atoms with Crippen LogP contribution in [0.4, 0.5) is 11.4 Å². The van der Waals surface area contributed by atoms with Crippen LogP contribution < -0.4 is 5.32 Å². The number of carbonyl (C=O) groups is 2. The van der Waals surface area contributed by atoms with Crippen LogP contribution in [0.3, 0.4) is 0 Å². The predicted octanol–water partition coefficient (Wildman–Crippen LogP) is 4.08. The van der Waals surface area contributed by atoms with Gasteiger partial charge in [0.25, 0.3) is 11.8 Å². The Bertz CT molecular complexity index is 963. The van der Waals surface area contributed by atoms with E-state index in [0.717, 1.165) is 10.6 Å². The number of benzene rings is 3. The lowest BCUT2D eigenvalue weighted by Crippen LogP contribution is -2.40. The quantitative estimate of drug-likeness (QED) is 0.434. The van der Waals surface area contributed by atoms with Crippen LogP contribution in [0.2, 0.25) is 0 Å². The number of imide groups is 1. The topological polar surface area (TPSA) is 61.8 Å². The molecule has 1 N–H and O–H groups in total. The summed E-state index contributed by atoms with van der Waals surface area (Å²) in [5, 5.41) is 3.10. The maximum Gasteiger partial charge on any atom is 0.268 e. The number of aliphatic imine (C=N–C) groups is 1. The number of rotatable bonds is 2. The van der Waals surface area contributed by atoms with Gasteiger partial charge in [-0.25, -0.2) is 9.89 Å². The van der Waals surface area contributed by atoms with Gasteiger partial charge in [-0.3, -0.25) is 9.59 Å². The fraction of sp³-hybridized carbons (Fsp3) is 0. The summed E-state index contributed by atoms with van der Waals surface area (Å²) in [7, 11) is 0. The zero-order valence-corrected chi connectivity index (χ0v) is 13.8. The van der Waals surface area contributed by atoms with E-state index in [1.54, 1.807) is 24.3 Å². The smallest absolute Gasteiger partial charge is 0.268 e. The van der Waals surface area contributed by atoms with E-state index >= 15 is 0 Å². The van der Waals surface area contributed by atoms with E-state index in [9.17, 15) is 9.59 Å². The summed E-state index contributed by atoms with van der Waals surface area (Å²) in [4.78, 5) is 31.2. The van der Waals surface area contributed by atoms with Crippen molar-refractivity contribution >= 4 is 29.1 Å². The first-order valence-electron chi connectivity index (χ1n) is 8.17. The van der Waals surface area contributed by atoms with Gasteiger partial charge in [0.15, 0.2) is 0 Å². The monoisotopic (exact) mass is 341 g/mol. The molecule has 0 saturated carbocycles. The molecule has 5 heteroatoms. The third kappa shape index (κ3) is 2.86. The highest BCUT2D eigenvalue weighted by Gasteiger charge is 2.38. The summed E-state index contributed by atoms with van der Waals surface area (Å²) in [5.41, 5.74) is 2.14. The van der Waals surface area contributed by atoms with E-state index in [-0.39, 0.29) is 17.8 Å². The number of anilines is 1. The molecule has 0 bridgehead atoms. The van der Waals surface area contributed by atoms with Crippen molar-refractivity contribution in [1.82, 2.24) is 4.90 Å². The molecular weight excluding hydrogens is 326 g/mol. The molecule has 0 atom stereocenters. The Balaban J connectivity index is 1.78. The first-order chi connectivity index (χ1) is 12.7. The summed E-state index contributed by atoms with van der Waals surface area (Å²) in [6.07, 6.45) is 0. The molecule has 1 aliphatic heterocycles. The standard InChI is InChI=1S/C21H15N3O2/c25-19-17-13-7-8-14-18(17)20(26)24(19)21(22-15-9-3-1-4-10-15)23-16-11-5-2-6-12-16/h1-14H,(H,22,23). The average Bonchev–Trinajstić information content (AvgIpc) is 2.94. The van der Waals surface area contributed by atoms with Crippen LogP contribution in [-0.2, 0) is 0 Å². The van der Waals surface area contributed by atoms with Crippen molar-refractivity contribution in [2.45, 2.75) is 0 Å². The van der Waals surface area contributed by atoms with E-state index in [2.05, 4.69) is 10.3 Å². The highest BCUT2D eigenvalue weighted by atomic mass is 16.2. The lowest BCUT2D eigenvalue weighted by Gasteiger charge is -2.18. The van der Waals surface area contributed by atoms with Crippen LogP contribution in [0.15, 0.2) is 89.9 Å². The van der Waals surface area contributed by atoms with Crippen molar-refractivity contribution in [3.63, 3.8) is 0 Å². The number of hydrogen-bond acceptors (Lipinski definition) is 3. The number of hydrogen-bond donors (Lipinski definition) is 1. The highest BCUT2D eigenvalue weighted by Crippen LogP contribution is 2.25. The second-order valence-electron chi connectivity index (χ2n) is 5.75. The summed E-state index contributed by atoms with van der Waals surface area (Å²) in [6, 6.07) is 25.3.